The van der Waals surface area contributed by atoms with Crippen LogP contribution < -0.4 is 9.47 Å². The molecule has 0 bridgehead atoms. The SMILES string of the molecule is COc1ccc(OC(C)(C)C(=O)N2CCC[C@H]2c2nc(C)no2)cc1. The fraction of sp³-hybridized carbons (Fsp3) is 0.500. The Balaban J connectivity index is 1.75. The molecule has 1 amide bonds. The van der Waals surface area contributed by atoms with Gasteiger partial charge in [0.1, 0.15) is 17.5 Å². The van der Waals surface area contributed by atoms with Gasteiger partial charge in [0.15, 0.2) is 11.4 Å². The molecule has 0 saturated carbocycles. The molecule has 0 unspecified atom stereocenters. The maximum absolute atomic E-state index is 13.1. The van der Waals surface area contributed by atoms with Crippen molar-refractivity contribution in [3.05, 3.63) is 36.0 Å². The Morgan fingerprint density at radius 1 is 1.28 bits per heavy atom. The summed E-state index contributed by atoms with van der Waals surface area (Å²) in [7, 11) is 1.61. The zero-order chi connectivity index (χ0) is 18.0. The van der Waals surface area contributed by atoms with Crippen molar-refractivity contribution in [2.45, 2.75) is 45.3 Å². The van der Waals surface area contributed by atoms with Gasteiger partial charge in [0.2, 0.25) is 5.89 Å². The number of rotatable bonds is 5. The van der Waals surface area contributed by atoms with Crippen LogP contribution in [0.4, 0.5) is 0 Å². The zero-order valence-electron chi connectivity index (χ0n) is 15.0. The first kappa shape index (κ1) is 17.3. The second-order valence-corrected chi connectivity index (χ2v) is 6.62. The number of benzene rings is 1. The van der Waals surface area contributed by atoms with Gasteiger partial charge in [-0.15, -0.1) is 0 Å². The van der Waals surface area contributed by atoms with E-state index in [4.69, 9.17) is 14.0 Å². The Hall–Kier alpha value is -2.57. The van der Waals surface area contributed by atoms with Crippen LogP contribution in [0.15, 0.2) is 28.8 Å². The number of ether oxygens (including phenoxy) is 2. The summed E-state index contributed by atoms with van der Waals surface area (Å²) in [5.74, 6) is 2.32. The highest BCUT2D eigenvalue weighted by Crippen LogP contribution is 2.34. The minimum Gasteiger partial charge on any atom is -0.497 e. The van der Waals surface area contributed by atoms with Gasteiger partial charge in [0.25, 0.3) is 5.91 Å². The van der Waals surface area contributed by atoms with E-state index in [1.165, 1.54) is 0 Å². The van der Waals surface area contributed by atoms with Gasteiger partial charge in [0, 0.05) is 6.54 Å². The van der Waals surface area contributed by atoms with Gasteiger partial charge in [-0.25, -0.2) is 0 Å². The molecule has 2 aromatic rings. The van der Waals surface area contributed by atoms with Gasteiger partial charge < -0.3 is 18.9 Å². The highest BCUT2D eigenvalue weighted by Gasteiger charge is 2.41. The molecule has 134 valence electrons. The van der Waals surface area contributed by atoms with Crippen LogP contribution in [0.3, 0.4) is 0 Å². The van der Waals surface area contributed by atoms with Crippen molar-refractivity contribution in [1.29, 1.82) is 0 Å². The Morgan fingerprint density at radius 3 is 2.56 bits per heavy atom. The molecule has 1 aromatic carbocycles. The molecule has 2 heterocycles. The largest absolute Gasteiger partial charge is 0.497 e. The second-order valence-electron chi connectivity index (χ2n) is 6.62. The van der Waals surface area contributed by atoms with E-state index in [1.54, 1.807) is 57.0 Å². The van der Waals surface area contributed by atoms with E-state index in [0.29, 0.717) is 24.0 Å². The number of carbonyl (C=O) groups is 1. The molecule has 0 radical (unpaired) electrons. The average molecular weight is 345 g/mol. The summed E-state index contributed by atoms with van der Waals surface area (Å²) < 4.78 is 16.4. The number of methoxy groups -OCH3 is 1. The predicted octanol–water partition coefficient (Wildman–Crippen LogP) is 2.91. The van der Waals surface area contributed by atoms with Crippen LogP contribution in [0.1, 0.15) is 44.4 Å². The molecule has 1 aliphatic rings. The summed E-state index contributed by atoms with van der Waals surface area (Å²) in [6, 6.07) is 6.99. The minimum atomic E-state index is -1.01. The van der Waals surface area contributed by atoms with Crippen molar-refractivity contribution >= 4 is 5.91 Å². The molecule has 0 N–H and O–H groups in total. The van der Waals surface area contributed by atoms with Crippen LogP contribution in [0, 0.1) is 6.92 Å². The molecule has 1 saturated heterocycles. The Labute approximate surface area is 146 Å². The quantitative estimate of drug-likeness (QED) is 0.829. The molecule has 0 spiro atoms. The van der Waals surface area contributed by atoms with E-state index in [1.807, 2.05) is 0 Å². The van der Waals surface area contributed by atoms with Gasteiger partial charge >= 0.3 is 0 Å². The monoisotopic (exact) mass is 345 g/mol. The molecule has 0 aliphatic carbocycles. The lowest BCUT2D eigenvalue weighted by molar-refractivity contribution is -0.147. The number of hydrogen-bond acceptors (Lipinski definition) is 6. The summed E-state index contributed by atoms with van der Waals surface area (Å²) in [6.45, 7) is 5.97. The predicted molar refractivity (Wildman–Crippen MR) is 90.4 cm³/mol. The number of nitrogens with zero attached hydrogens (tertiary/aromatic N) is 3. The smallest absolute Gasteiger partial charge is 0.266 e. The van der Waals surface area contributed by atoms with Crippen molar-refractivity contribution in [2.24, 2.45) is 0 Å². The molecule has 1 atom stereocenters. The molecule has 25 heavy (non-hydrogen) atoms. The number of aryl methyl sites for hydroxylation is 1. The number of likely N-dealkylation sites (tertiary alicyclic amines) is 1. The van der Waals surface area contributed by atoms with E-state index >= 15 is 0 Å². The van der Waals surface area contributed by atoms with Crippen LogP contribution in [0.2, 0.25) is 0 Å². The third-order valence-corrected chi connectivity index (χ3v) is 4.29. The third-order valence-electron chi connectivity index (χ3n) is 4.29. The number of aromatic nitrogens is 2. The normalized spacial score (nSPS) is 17.6. The van der Waals surface area contributed by atoms with Crippen LogP contribution in [0.25, 0.3) is 0 Å². The fourth-order valence-electron chi connectivity index (χ4n) is 3.04. The van der Waals surface area contributed by atoms with Crippen molar-refractivity contribution in [1.82, 2.24) is 15.0 Å². The lowest BCUT2D eigenvalue weighted by atomic mass is 10.1. The van der Waals surface area contributed by atoms with E-state index in [9.17, 15) is 4.79 Å². The Kier molecular flexibility index (Phi) is 4.65. The lowest BCUT2D eigenvalue weighted by Gasteiger charge is -2.32. The molecule has 1 aliphatic heterocycles. The maximum Gasteiger partial charge on any atom is 0.266 e. The van der Waals surface area contributed by atoms with E-state index in [0.717, 1.165) is 18.6 Å². The van der Waals surface area contributed by atoms with Crippen molar-refractivity contribution in [3.63, 3.8) is 0 Å². The lowest BCUT2D eigenvalue weighted by Crippen LogP contribution is -2.48. The van der Waals surface area contributed by atoms with E-state index in [-0.39, 0.29) is 11.9 Å². The van der Waals surface area contributed by atoms with Crippen LogP contribution >= 0.6 is 0 Å². The summed E-state index contributed by atoms with van der Waals surface area (Å²) in [6.07, 6.45) is 1.71. The van der Waals surface area contributed by atoms with Gasteiger partial charge in [0.05, 0.1) is 7.11 Å². The average Bonchev–Trinajstić information content (AvgIpc) is 3.23. The van der Waals surface area contributed by atoms with Crippen LogP contribution in [-0.4, -0.2) is 40.2 Å². The zero-order valence-corrected chi connectivity index (χ0v) is 15.0. The first-order chi connectivity index (χ1) is 11.9. The first-order valence-electron chi connectivity index (χ1n) is 8.35. The summed E-state index contributed by atoms with van der Waals surface area (Å²) >= 11 is 0. The molecule has 7 heteroatoms. The van der Waals surface area contributed by atoms with E-state index < -0.39 is 5.60 Å². The van der Waals surface area contributed by atoms with Crippen molar-refractivity contribution in [3.8, 4) is 11.5 Å². The number of hydrogen-bond donors (Lipinski definition) is 0. The van der Waals surface area contributed by atoms with Gasteiger partial charge in [-0.3, -0.25) is 4.79 Å². The standard InChI is InChI=1S/C18H23N3O4/c1-12-19-16(25-20-12)15-6-5-11-21(15)17(22)18(2,3)24-14-9-7-13(23-4)8-10-14/h7-10,15H,5-6,11H2,1-4H3/t15-/m0/s1. The Morgan fingerprint density at radius 2 is 1.96 bits per heavy atom. The highest BCUT2D eigenvalue weighted by atomic mass is 16.5. The maximum atomic E-state index is 13.1. The third kappa shape index (κ3) is 3.60. The molecule has 1 aromatic heterocycles. The molecular formula is C18H23N3O4. The molecular weight excluding hydrogens is 322 g/mol. The minimum absolute atomic E-state index is 0.0957. The summed E-state index contributed by atoms with van der Waals surface area (Å²) in [4.78, 5) is 19.1. The van der Waals surface area contributed by atoms with Gasteiger partial charge in [-0.2, -0.15) is 4.98 Å². The van der Waals surface area contributed by atoms with Gasteiger partial charge in [-0.05, 0) is 57.9 Å². The van der Waals surface area contributed by atoms with Gasteiger partial charge in [-0.1, -0.05) is 5.16 Å². The highest BCUT2D eigenvalue weighted by molar-refractivity contribution is 5.85. The molecule has 7 nitrogen and oxygen atoms in total. The Bertz CT molecular complexity index is 739. The van der Waals surface area contributed by atoms with Crippen LogP contribution in [-0.2, 0) is 4.79 Å². The number of amides is 1. The number of carbonyl (C=O) groups excluding carboxylic acids is 1. The summed E-state index contributed by atoms with van der Waals surface area (Å²) in [5.41, 5.74) is -1.01. The topological polar surface area (TPSA) is 77.7 Å². The summed E-state index contributed by atoms with van der Waals surface area (Å²) in [5, 5.41) is 3.83. The van der Waals surface area contributed by atoms with E-state index in [2.05, 4.69) is 10.1 Å². The molecule has 3 rings (SSSR count). The van der Waals surface area contributed by atoms with Crippen molar-refractivity contribution < 1.29 is 18.8 Å². The second kappa shape index (κ2) is 6.74. The van der Waals surface area contributed by atoms with Crippen LogP contribution in [0.5, 0.6) is 11.5 Å². The molecule has 1 fully saturated rings. The van der Waals surface area contributed by atoms with Crippen molar-refractivity contribution in [2.75, 3.05) is 13.7 Å². The fourth-order valence-corrected chi connectivity index (χ4v) is 3.04. The first-order valence-corrected chi connectivity index (χ1v) is 8.35.